The zero-order chi connectivity index (χ0) is 14.5. The number of urea groups is 1. The molecule has 20 heavy (non-hydrogen) atoms. The summed E-state index contributed by atoms with van der Waals surface area (Å²) in [4.78, 5) is 15.9. The van der Waals surface area contributed by atoms with Crippen LogP contribution in [0, 0.1) is 5.82 Å². The molecule has 0 spiro atoms. The molecule has 1 aliphatic rings. The van der Waals surface area contributed by atoms with Gasteiger partial charge in [0, 0.05) is 37.9 Å². The summed E-state index contributed by atoms with van der Waals surface area (Å²) in [5, 5.41) is 11.8. The predicted octanol–water partition coefficient (Wildman–Crippen LogP) is 1.36. The molecule has 1 heterocycles. The number of piperazine rings is 1. The van der Waals surface area contributed by atoms with Crippen LogP contribution in [-0.4, -0.2) is 59.8 Å². The fraction of sp³-hybridized carbons (Fsp3) is 0.500. The average Bonchev–Trinajstić information content (AvgIpc) is 2.46. The molecule has 6 heteroatoms. The molecule has 0 saturated carbocycles. The highest BCUT2D eigenvalue weighted by Crippen LogP contribution is 2.12. The predicted molar refractivity (Wildman–Crippen MR) is 75.1 cm³/mol. The molecular weight excluding hydrogens is 261 g/mol. The smallest absolute Gasteiger partial charge is 0.321 e. The van der Waals surface area contributed by atoms with E-state index >= 15 is 0 Å². The second kappa shape index (κ2) is 6.67. The van der Waals surface area contributed by atoms with E-state index in [0.717, 1.165) is 13.1 Å². The van der Waals surface area contributed by atoms with Crippen molar-refractivity contribution in [2.45, 2.75) is 13.0 Å². The first-order valence-electron chi connectivity index (χ1n) is 6.76. The van der Waals surface area contributed by atoms with Crippen LogP contribution < -0.4 is 5.32 Å². The molecule has 0 aromatic heterocycles. The van der Waals surface area contributed by atoms with Gasteiger partial charge in [0.05, 0.1) is 6.61 Å². The minimum absolute atomic E-state index is 0.114. The number of aliphatic hydroxyl groups is 1. The molecule has 1 unspecified atom stereocenters. The fourth-order valence-corrected chi connectivity index (χ4v) is 2.25. The molecule has 0 aliphatic carbocycles. The van der Waals surface area contributed by atoms with Crippen LogP contribution in [0.4, 0.5) is 14.9 Å². The van der Waals surface area contributed by atoms with Crippen molar-refractivity contribution in [2.24, 2.45) is 0 Å². The molecule has 1 aromatic rings. The Labute approximate surface area is 118 Å². The summed E-state index contributed by atoms with van der Waals surface area (Å²) < 4.78 is 13.0. The van der Waals surface area contributed by atoms with E-state index in [4.69, 9.17) is 5.11 Å². The van der Waals surface area contributed by atoms with Crippen LogP contribution in [0.1, 0.15) is 6.92 Å². The van der Waals surface area contributed by atoms with Crippen LogP contribution >= 0.6 is 0 Å². The molecular formula is C14H20FN3O2. The van der Waals surface area contributed by atoms with E-state index < -0.39 is 0 Å². The number of hydrogen-bond acceptors (Lipinski definition) is 3. The van der Waals surface area contributed by atoms with Gasteiger partial charge in [-0.2, -0.15) is 0 Å². The Morgan fingerprint density at radius 1 is 1.40 bits per heavy atom. The van der Waals surface area contributed by atoms with Gasteiger partial charge in [0.1, 0.15) is 5.82 Å². The van der Waals surface area contributed by atoms with E-state index in [0.29, 0.717) is 18.8 Å². The number of nitrogens with zero attached hydrogens (tertiary/aromatic N) is 2. The number of hydrogen-bond donors (Lipinski definition) is 2. The maximum atomic E-state index is 13.0. The maximum Gasteiger partial charge on any atom is 0.321 e. The van der Waals surface area contributed by atoms with Gasteiger partial charge in [-0.15, -0.1) is 0 Å². The third-order valence-electron chi connectivity index (χ3n) is 3.56. The second-order valence-corrected chi connectivity index (χ2v) is 5.00. The highest BCUT2D eigenvalue weighted by molar-refractivity contribution is 5.89. The topological polar surface area (TPSA) is 55.8 Å². The first-order valence-corrected chi connectivity index (χ1v) is 6.76. The summed E-state index contributed by atoms with van der Waals surface area (Å²) >= 11 is 0. The van der Waals surface area contributed by atoms with Gasteiger partial charge < -0.3 is 15.3 Å². The van der Waals surface area contributed by atoms with E-state index in [-0.39, 0.29) is 24.5 Å². The van der Waals surface area contributed by atoms with Crippen LogP contribution in [0.3, 0.4) is 0 Å². The second-order valence-electron chi connectivity index (χ2n) is 5.00. The lowest BCUT2D eigenvalue weighted by molar-refractivity contribution is 0.0870. The fourth-order valence-electron chi connectivity index (χ4n) is 2.25. The molecule has 5 nitrogen and oxygen atoms in total. The first kappa shape index (κ1) is 14.7. The molecule has 110 valence electrons. The van der Waals surface area contributed by atoms with Crippen molar-refractivity contribution in [3.63, 3.8) is 0 Å². The molecule has 1 atom stereocenters. The first-order chi connectivity index (χ1) is 9.60. The average molecular weight is 281 g/mol. The van der Waals surface area contributed by atoms with Gasteiger partial charge in [-0.1, -0.05) is 6.07 Å². The van der Waals surface area contributed by atoms with Crippen molar-refractivity contribution >= 4 is 11.7 Å². The van der Waals surface area contributed by atoms with Gasteiger partial charge in [0.15, 0.2) is 0 Å². The third kappa shape index (κ3) is 3.68. The Morgan fingerprint density at radius 3 is 2.70 bits per heavy atom. The largest absolute Gasteiger partial charge is 0.395 e. The number of nitrogens with one attached hydrogen (secondary N) is 1. The van der Waals surface area contributed by atoms with E-state index in [9.17, 15) is 9.18 Å². The molecule has 0 radical (unpaired) electrons. The number of benzene rings is 1. The van der Waals surface area contributed by atoms with Crippen LogP contribution in [0.15, 0.2) is 24.3 Å². The van der Waals surface area contributed by atoms with Crippen LogP contribution in [-0.2, 0) is 0 Å². The number of anilines is 1. The molecule has 1 saturated heterocycles. The number of carbonyl (C=O) groups is 1. The molecule has 0 bridgehead atoms. The number of halogens is 1. The Bertz CT molecular complexity index is 461. The minimum atomic E-state index is -0.371. The number of aliphatic hydroxyl groups excluding tert-OH is 1. The standard InChI is InChI=1S/C14H20FN3O2/c1-11(10-19)17-5-7-18(8-6-17)14(20)16-13-4-2-3-12(15)9-13/h2-4,9,11,19H,5-8,10H2,1H3,(H,16,20). The molecule has 2 amide bonds. The number of rotatable bonds is 3. The summed E-state index contributed by atoms with van der Waals surface area (Å²) in [5.74, 6) is -0.371. The van der Waals surface area contributed by atoms with Gasteiger partial charge in [0.25, 0.3) is 0 Å². The third-order valence-corrected chi connectivity index (χ3v) is 3.56. The van der Waals surface area contributed by atoms with Crippen molar-refractivity contribution in [2.75, 3.05) is 38.1 Å². The molecule has 2 N–H and O–H groups in total. The van der Waals surface area contributed by atoms with Crippen molar-refractivity contribution in [1.29, 1.82) is 0 Å². The summed E-state index contributed by atoms with van der Waals surface area (Å²) in [6.45, 7) is 4.76. The van der Waals surface area contributed by atoms with E-state index in [1.807, 2.05) is 6.92 Å². The van der Waals surface area contributed by atoms with E-state index in [1.54, 1.807) is 17.0 Å². The van der Waals surface area contributed by atoms with Gasteiger partial charge in [-0.3, -0.25) is 4.90 Å². The van der Waals surface area contributed by atoms with Crippen molar-refractivity contribution < 1.29 is 14.3 Å². The van der Waals surface area contributed by atoms with Crippen molar-refractivity contribution in [1.82, 2.24) is 9.80 Å². The highest BCUT2D eigenvalue weighted by atomic mass is 19.1. The zero-order valence-corrected chi connectivity index (χ0v) is 11.6. The van der Waals surface area contributed by atoms with E-state index in [2.05, 4.69) is 10.2 Å². The van der Waals surface area contributed by atoms with Gasteiger partial charge in [0.2, 0.25) is 0 Å². The SMILES string of the molecule is CC(CO)N1CCN(C(=O)Nc2cccc(F)c2)CC1. The lowest BCUT2D eigenvalue weighted by atomic mass is 10.2. The number of amides is 2. The molecule has 1 fully saturated rings. The van der Waals surface area contributed by atoms with Gasteiger partial charge in [-0.25, -0.2) is 9.18 Å². The Morgan fingerprint density at radius 2 is 2.10 bits per heavy atom. The summed E-state index contributed by atoms with van der Waals surface area (Å²) in [5.41, 5.74) is 0.459. The summed E-state index contributed by atoms with van der Waals surface area (Å²) in [6.07, 6.45) is 0. The van der Waals surface area contributed by atoms with Gasteiger partial charge >= 0.3 is 6.03 Å². The quantitative estimate of drug-likeness (QED) is 0.879. The molecule has 1 aromatic carbocycles. The van der Waals surface area contributed by atoms with Crippen molar-refractivity contribution in [3.05, 3.63) is 30.1 Å². The normalized spacial score (nSPS) is 17.9. The number of carbonyl (C=O) groups excluding carboxylic acids is 1. The summed E-state index contributed by atoms with van der Waals surface area (Å²) in [6, 6.07) is 5.75. The van der Waals surface area contributed by atoms with E-state index in [1.165, 1.54) is 12.1 Å². The van der Waals surface area contributed by atoms with Gasteiger partial charge in [-0.05, 0) is 25.1 Å². The monoisotopic (exact) mass is 281 g/mol. The maximum absolute atomic E-state index is 13.0. The Kier molecular flexibility index (Phi) is 4.92. The Hall–Kier alpha value is -1.66. The summed E-state index contributed by atoms with van der Waals surface area (Å²) in [7, 11) is 0. The lowest BCUT2D eigenvalue weighted by Gasteiger charge is -2.37. The van der Waals surface area contributed by atoms with Crippen LogP contribution in [0.5, 0.6) is 0 Å². The Balaban J connectivity index is 1.86. The minimum Gasteiger partial charge on any atom is -0.395 e. The van der Waals surface area contributed by atoms with Crippen LogP contribution in [0.25, 0.3) is 0 Å². The highest BCUT2D eigenvalue weighted by Gasteiger charge is 2.23. The van der Waals surface area contributed by atoms with Crippen molar-refractivity contribution in [3.8, 4) is 0 Å². The molecule has 1 aliphatic heterocycles. The lowest BCUT2D eigenvalue weighted by Crippen LogP contribution is -2.53. The molecule has 2 rings (SSSR count). The zero-order valence-electron chi connectivity index (χ0n) is 11.6. The van der Waals surface area contributed by atoms with Crippen LogP contribution in [0.2, 0.25) is 0 Å².